The van der Waals surface area contributed by atoms with E-state index in [9.17, 15) is 5.11 Å². The summed E-state index contributed by atoms with van der Waals surface area (Å²) in [6, 6.07) is 13.3. The molecular formula is C27H29Cl2N3O4. The number of fused-ring (bicyclic) bond motifs is 1. The topological polar surface area (TPSA) is 84.8 Å². The summed E-state index contributed by atoms with van der Waals surface area (Å²) in [7, 11) is 0. The third-order valence-electron chi connectivity index (χ3n) is 6.57. The van der Waals surface area contributed by atoms with Crippen LogP contribution in [0.25, 0.3) is 22.6 Å². The number of nitrogens with zero attached hydrogens (tertiary/aromatic N) is 3. The average Bonchev–Trinajstić information content (AvgIpc) is 3.53. The Kier molecular flexibility index (Phi) is 7.53. The zero-order chi connectivity index (χ0) is 25.2. The second-order valence-corrected chi connectivity index (χ2v) is 10.4. The van der Waals surface area contributed by atoms with E-state index in [1.807, 2.05) is 50.2 Å². The fourth-order valence-electron chi connectivity index (χ4n) is 4.58. The van der Waals surface area contributed by atoms with Gasteiger partial charge < -0.3 is 23.6 Å². The lowest BCUT2D eigenvalue weighted by Crippen LogP contribution is -2.40. The van der Waals surface area contributed by atoms with Crippen molar-refractivity contribution < 1.29 is 18.7 Å². The third kappa shape index (κ3) is 5.54. The Hall–Kier alpha value is -2.58. The lowest BCUT2D eigenvalue weighted by atomic mass is 9.89. The number of furan rings is 1. The fraction of sp³-hybridized carbons (Fsp3) is 0.407. The molecule has 2 aromatic carbocycles. The number of rotatable bonds is 8. The Labute approximate surface area is 220 Å². The van der Waals surface area contributed by atoms with Gasteiger partial charge in [-0.1, -0.05) is 49.2 Å². The molecule has 0 aliphatic carbocycles. The molecule has 190 valence electrons. The first-order chi connectivity index (χ1) is 17.4. The quantitative estimate of drug-likeness (QED) is 0.277. The molecule has 0 bridgehead atoms. The molecule has 4 aromatic rings. The van der Waals surface area contributed by atoms with Gasteiger partial charge >= 0.3 is 0 Å². The molecule has 0 amide bonds. The Balaban J connectivity index is 1.16. The summed E-state index contributed by atoms with van der Waals surface area (Å²) in [5, 5.41) is 20.8. The highest BCUT2D eigenvalue weighted by Crippen LogP contribution is 2.34. The highest BCUT2D eigenvalue weighted by molar-refractivity contribution is 6.42. The van der Waals surface area contributed by atoms with Gasteiger partial charge in [0.25, 0.3) is 5.89 Å². The van der Waals surface area contributed by atoms with Crippen molar-refractivity contribution in [1.29, 1.82) is 0 Å². The zero-order valence-electron chi connectivity index (χ0n) is 20.3. The van der Waals surface area contributed by atoms with Crippen molar-refractivity contribution in [1.82, 2.24) is 15.1 Å². The molecule has 1 aliphatic heterocycles. The SMILES string of the molecule is CC(C)c1nnc(-c2cc3c(OC[C@@H](O)CN4CCC(c5ccc(Cl)c(Cl)c5)CC4)cccc3o2)o1. The highest BCUT2D eigenvalue weighted by Gasteiger charge is 2.23. The van der Waals surface area contributed by atoms with Crippen molar-refractivity contribution in [3.8, 4) is 17.4 Å². The van der Waals surface area contributed by atoms with Crippen LogP contribution in [-0.2, 0) is 0 Å². The van der Waals surface area contributed by atoms with E-state index in [1.165, 1.54) is 5.56 Å². The second kappa shape index (κ2) is 10.8. The molecule has 1 saturated heterocycles. The van der Waals surface area contributed by atoms with E-state index in [-0.39, 0.29) is 12.5 Å². The summed E-state index contributed by atoms with van der Waals surface area (Å²) in [4.78, 5) is 2.28. The number of hydrogen-bond acceptors (Lipinski definition) is 7. The highest BCUT2D eigenvalue weighted by atomic mass is 35.5. The van der Waals surface area contributed by atoms with Gasteiger partial charge in [-0.2, -0.15) is 0 Å². The minimum Gasteiger partial charge on any atom is -0.490 e. The number of piperidine rings is 1. The first-order valence-corrected chi connectivity index (χ1v) is 13.0. The Morgan fingerprint density at radius 1 is 1.06 bits per heavy atom. The maximum Gasteiger partial charge on any atom is 0.283 e. The lowest BCUT2D eigenvalue weighted by molar-refractivity contribution is 0.0599. The molecule has 9 heteroatoms. The van der Waals surface area contributed by atoms with Crippen LogP contribution in [0.2, 0.25) is 10.0 Å². The maximum absolute atomic E-state index is 10.7. The maximum atomic E-state index is 10.7. The molecule has 1 atom stereocenters. The smallest absolute Gasteiger partial charge is 0.283 e. The molecule has 1 N–H and O–H groups in total. The van der Waals surface area contributed by atoms with E-state index >= 15 is 0 Å². The van der Waals surface area contributed by atoms with Crippen LogP contribution < -0.4 is 4.74 Å². The molecule has 1 aliphatic rings. The van der Waals surface area contributed by atoms with Crippen LogP contribution in [0.4, 0.5) is 0 Å². The van der Waals surface area contributed by atoms with E-state index < -0.39 is 6.10 Å². The van der Waals surface area contributed by atoms with Gasteiger partial charge in [-0.05, 0) is 61.7 Å². The summed E-state index contributed by atoms with van der Waals surface area (Å²) in [6.45, 7) is 6.54. The molecule has 0 radical (unpaired) electrons. The number of β-amino-alcohol motifs (C(OH)–C–C–N with tert-alkyl or cyclic N) is 1. The largest absolute Gasteiger partial charge is 0.490 e. The van der Waals surface area contributed by atoms with Crippen LogP contribution in [0.1, 0.15) is 50.0 Å². The summed E-state index contributed by atoms with van der Waals surface area (Å²) in [5.74, 6) is 2.62. The number of aliphatic hydroxyl groups is 1. The molecule has 2 aromatic heterocycles. The van der Waals surface area contributed by atoms with Crippen LogP contribution in [0.5, 0.6) is 5.75 Å². The first-order valence-electron chi connectivity index (χ1n) is 12.2. The fourth-order valence-corrected chi connectivity index (χ4v) is 4.89. The number of likely N-dealkylation sites (tertiary alicyclic amines) is 1. The molecule has 7 nitrogen and oxygen atoms in total. The van der Waals surface area contributed by atoms with Gasteiger partial charge in [-0.3, -0.25) is 0 Å². The summed E-state index contributed by atoms with van der Waals surface area (Å²) >= 11 is 12.2. The van der Waals surface area contributed by atoms with Crippen molar-refractivity contribution in [3.05, 3.63) is 64.0 Å². The van der Waals surface area contributed by atoms with E-state index in [0.29, 0.717) is 51.4 Å². The molecular weight excluding hydrogens is 501 g/mol. The lowest BCUT2D eigenvalue weighted by Gasteiger charge is -2.33. The minimum absolute atomic E-state index is 0.137. The van der Waals surface area contributed by atoms with Gasteiger partial charge in [0.15, 0.2) is 5.76 Å². The molecule has 0 saturated carbocycles. The molecule has 0 unspecified atom stereocenters. The standard InChI is InChI=1S/C27H29Cl2N3O4/c1-16(2)26-30-31-27(36-26)25-13-20-23(4-3-5-24(20)35-25)34-15-19(33)14-32-10-8-17(9-11-32)18-6-7-21(28)22(29)12-18/h3-7,12-13,16-17,19,33H,8-11,14-15H2,1-2H3/t19-/m0/s1. The van der Waals surface area contributed by atoms with E-state index in [1.54, 1.807) is 0 Å². The van der Waals surface area contributed by atoms with Crippen molar-refractivity contribution in [2.24, 2.45) is 0 Å². The Morgan fingerprint density at radius 2 is 1.86 bits per heavy atom. The Bertz CT molecular complexity index is 1330. The van der Waals surface area contributed by atoms with Gasteiger partial charge in [0, 0.05) is 18.5 Å². The molecule has 3 heterocycles. The second-order valence-electron chi connectivity index (χ2n) is 9.59. The predicted octanol–water partition coefficient (Wildman–Crippen LogP) is 6.53. The van der Waals surface area contributed by atoms with Crippen molar-refractivity contribution in [3.63, 3.8) is 0 Å². The average molecular weight is 530 g/mol. The monoisotopic (exact) mass is 529 g/mol. The van der Waals surface area contributed by atoms with Crippen molar-refractivity contribution >= 4 is 34.2 Å². The number of aliphatic hydroxyl groups excluding tert-OH is 1. The molecule has 0 spiro atoms. The van der Waals surface area contributed by atoms with Gasteiger partial charge in [-0.15, -0.1) is 10.2 Å². The van der Waals surface area contributed by atoms with Crippen LogP contribution in [0, 0.1) is 0 Å². The number of halogens is 2. The number of hydrogen-bond donors (Lipinski definition) is 1. The van der Waals surface area contributed by atoms with Crippen LogP contribution >= 0.6 is 23.2 Å². The minimum atomic E-state index is -0.613. The Morgan fingerprint density at radius 3 is 2.58 bits per heavy atom. The molecule has 36 heavy (non-hydrogen) atoms. The van der Waals surface area contributed by atoms with E-state index in [0.717, 1.165) is 31.3 Å². The number of aromatic nitrogens is 2. The summed E-state index contributed by atoms with van der Waals surface area (Å²) < 4.78 is 17.6. The van der Waals surface area contributed by atoms with E-state index in [2.05, 4.69) is 21.2 Å². The van der Waals surface area contributed by atoms with Gasteiger partial charge in [-0.25, -0.2) is 0 Å². The van der Waals surface area contributed by atoms with Crippen molar-refractivity contribution in [2.75, 3.05) is 26.2 Å². The van der Waals surface area contributed by atoms with Crippen LogP contribution in [0.15, 0.2) is 51.3 Å². The first kappa shape index (κ1) is 25.1. The van der Waals surface area contributed by atoms with E-state index in [4.69, 9.17) is 36.8 Å². The molecule has 1 fully saturated rings. The van der Waals surface area contributed by atoms with Crippen LogP contribution in [0.3, 0.4) is 0 Å². The number of benzene rings is 2. The number of ether oxygens (including phenoxy) is 1. The van der Waals surface area contributed by atoms with Gasteiger partial charge in [0.2, 0.25) is 5.89 Å². The van der Waals surface area contributed by atoms with Gasteiger partial charge in [0.1, 0.15) is 24.0 Å². The van der Waals surface area contributed by atoms with Crippen molar-refractivity contribution in [2.45, 2.75) is 44.6 Å². The van der Waals surface area contributed by atoms with Crippen LogP contribution in [-0.4, -0.2) is 52.5 Å². The molecule has 5 rings (SSSR count). The third-order valence-corrected chi connectivity index (χ3v) is 7.31. The normalized spacial score (nSPS) is 16.2. The zero-order valence-corrected chi connectivity index (χ0v) is 21.8. The summed E-state index contributed by atoms with van der Waals surface area (Å²) in [5.41, 5.74) is 1.88. The van der Waals surface area contributed by atoms with Gasteiger partial charge in [0.05, 0.1) is 15.4 Å². The predicted molar refractivity (Wildman–Crippen MR) is 140 cm³/mol. The summed E-state index contributed by atoms with van der Waals surface area (Å²) in [6.07, 6.45) is 1.41.